The minimum Gasteiger partial charge on any atom is -0.494 e. The van der Waals surface area contributed by atoms with Crippen molar-refractivity contribution in [2.75, 3.05) is 6.61 Å². The van der Waals surface area contributed by atoms with E-state index in [1.54, 1.807) is 30.3 Å². The predicted octanol–water partition coefficient (Wildman–Crippen LogP) is 3.69. The number of nitrogen functional groups attached to an aromatic ring is 1. The molecule has 5 heteroatoms. The van der Waals surface area contributed by atoms with Gasteiger partial charge < -0.3 is 15.2 Å². The summed E-state index contributed by atoms with van der Waals surface area (Å²) in [5.41, 5.74) is 5.63. The van der Waals surface area contributed by atoms with Crippen molar-refractivity contribution in [3.8, 4) is 17.2 Å². The van der Waals surface area contributed by atoms with Gasteiger partial charge in [-0.15, -0.1) is 0 Å². The zero-order chi connectivity index (χ0) is 15.2. The van der Waals surface area contributed by atoms with Gasteiger partial charge >= 0.3 is 0 Å². The van der Waals surface area contributed by atoms with Crippen LogP contribution in [0.15, 0.2) is 42.5 Å². The van der Waals surface area contributed by atoms with Gasteiger partial charge in [-0.2, -0.15) is 0 Å². The van der Waals surface area contributed by atoms with E-state index >= 15 is 0 Å². The molecule has 2 aromatic carbocycles. The third kappa shape index (κ3) is 3.95. The Balaban J connectivity index is 2.09. The van der Waals surface area contributed by atoms with E-state index < -0.39 is 5.82 Å². The summed E-state index contributed by atoms with van der Waals surface area (Å²) in [6, 6.07) is 11.1. The number of ether oxygens (including phenoxy) is 2. The molecule has 4 nitrogen and oxygen atoms in total. The van der Waals surface area contributed by atoms with E-state index in [0.29, 0.717) is 17.9 Å². The fourth-order valence-corrected chi connectivity index (χ4v) is 1.70. The average Bonchev–Trinajstić information content (AvgIpc) is 2.48. The molecule has 21 heavy (non-hydrogen) atoms. The van der Waals surface area contributed by atoms with Crippen LogP contribution in [0.4, 0.5) is 4.39 Å². The maximum absolute atomic E-state index is 13.8. The summed E-state index contributed by atoms with van der Waals surface area (Å²) in [5, 5.41) is 7.26. The second-order valence-corrected chi connectivity index (χ2v) is 4.48. The van der Waals surface area contributed by atoms with E-state index in [1.165, 1.54) is 12.1 Å². The second-order valence-electron chi connectivity index (χ2n) is 4.48. The number of halogens is 1. The van der Waals surface area contributed by atoms with Crippen LogP contribution >= 0.6 is 0 Å². The van der Waals surface area contributed by atoms with Gasteiger partial charge in [0.15, 0.2) is 11.6 Å². The van der Waals surface area contributed by atoms with Crippen LogP contribution in [0, 0.1) is 11.2 Å². The number of hydrogen-bond acceptors (Lipinski definition) is 3. The molecule has 0 saturated carbocycles. The van der Waals surface area contributed by atoms with Gasteiger partial charge in [-0.1, -0.05) is 6.92 Å². The van der Waals surface area contributed by atoms with Crippen LogP contribution in [-0.4, -0.2) is 12.4 Å². The Bertz CT molecular complexity index is 627. The fourth-order valence-electron chi connectivity index (χ4n) is 1.70. The number of nitrogens with two attached hydrogens (primary N) is 1. The van der Waals surface area contributed by atoms with Gasteiger partial charge in [0.2, 0.25) is 0 Å². The van der Waals surface area contributed by atoms with E-state index in [9.17, 15) is 4.39 Å². The Kier molecular flexibility index (Phi) is 4.77. The normalized spacial score (nSPS) is 10.2. The molecule has 0 aliphatic carbocycles. The lowest BCUT2D eigenvalue weighted by molar-refractivity contribution is 0.317. The van der Waals surface area contributed by atoms with Crippen LogP contribution in [0.1, 0.15) is 18.9 Å². The van der Waals surface area contributed by atoms with E-state index in [0.717, 1.165) is 12.2 Å². The van der Waals surface area contributed by atoms with E-state index in [4.69, 9.17) is 20.6 Å². The molecule has 0 bridgehead atoms. The second kappa shape index (κ2) is 6.74. The molecular weight excluding hydrogens is 271 g/mol. The first-order valence-electron chi connectivity index (χ1n) is 6.65. The van der Waals surface area contributed by atoms with E-state index in [-0.39, 0.29) is 11.6 Å². The topological polar surface area (TPSA) is 68.3 Å². The third-order valence-corrected chi connectivity index (χ3v) is 2.77. The van der Waals surface area contributed by atoms with Crippen LogP contribution < -0.4 is 15.2 Å². The highest BCUT2D eigenvalue weighted by atomic mass is 19.1. The van der Waals surface area contributed by atoms with Crippen molar-refractivity contribution in [2.24, 2.45) is 5.73 Å². The Morgan fingerprint density at radius 2 is 1.81 bits per heavy atom. The Hall–Kier alpha value is -2.56. The lowest BCUT2D eigenvalue weighted by atomic mass is 10.2. The first-order chi connectivity index (χ1) is 10.1. The summed E-state index contributed by atoms with van der Waals surface area (Å²) in [5.74, 6) is 0.596. The van der Waals surface area contributed by atoms with Gasteiger partial charge in [0.05, 0.1) is 6.61 Å². The van der Waals surface area contributed by atoms with Crippen LogP contribution in [-0.2, 0) is 0 Å². The van der Waals surface area contributed by atoms with Crippen LogP contribution in [0.3, 0.4) is 0 Å². The third-order valence-electron chi connectivity index (χ3n) is 2.77. The summed E-state index contributed by atoms with van der Waals surface area (Å²) >= 11 is 0. The molecule has 2 aromatic rings. The first-order valence-corrected chi connectivity index (χ1v) is 6.65. The van der Waals surface area contributed by atoms with Gasteiger partial charge in [-0.25, -0.2) is 4.39 Å². The van der Waals surface area contributed by atoms with Crippen molar-refractivity contribution in [3.63, 3.8) is 0 Å². The number of hydrogen-bond donors (Lipinski definition) is 2. The van der Waals surface area contributed by atoms with Gasteiger partial charge in [0.25, 0.3) is 0 Å². The van der Waals surface area contributed by atoms with Crippen molar-refractivity contribution < 1.29 is 13.9 Å². The summed E-state index contributed by atoms with van der Waals surface area (Å²) in [7, 11) is 0. The lowest BCUT2D eigenvalue weighted by Gasteiger charge is -2.09. The quantitative estimate of drug-likeness (QED) is 0.629. The monoisotopic (exact) mass is 288 g/mol. The average molecular weight is 288 g/mol. The smallest absolute Gasteiger partial charge is 0.166 e. The molecule has 110 valence electrons. The molecule has 0 atom stereocenters. The Morgan fingerprint density at radius 3 is 2.38 bits per heavy atom. The van der Waals surface area contributed by atoms with Crippen molar-refractivity contribution in [1.82, 2.24) is 0 Å². The molecule has 0 aliphatic rings. The van der Waals surface area contributed by atoms with Crippen molar-refractivity contribution in [1.29, 1.82) is 5.41 Å². The standard InChI is InChI=1S/C16H17FN2O2/c1-2-9-20-12-4-6-13(7-5-12)21-15-8-3-11(16(18)19)10-14(15)17/h3-8,10H,2,9H2,1H3,(H3,18,19). The maximum Gasteiger partial charge on any atom is 0.166 e. The minimum absolute atomic E-state index is 0.0854. The van der Waals surface area contributed by atoms with E-state index in [1.807, 2.05) is 6.92 Å². The molecule has 0 saturated heterocycles. The first kappa shape index (κ1) is 14.8. The van der Waals surface area contributed by atoms with Crippen LogP contribution in [0.25, 0.3) is 0 Å². The predicted molar refractivity (Wildman–Crippen MR) is 79.7 cm³/mol. The molecule has 2 rings (SSSR count). The van der Waals surface area contributed by atoms with Gasteiger partial charge in [-0.3, -0.25) is 5.41 Å². The number of benzene rings is 2. The zero-order valence-corrected chi connectivity index (χ0v) is 11.7. The van der Waals surface area contributed by atoms with Crippen LogP contribution in [0.2, 0.25) is 0 Å². The molecular formula is C16H17FN2O2. The fraction of sp³-hybridized carbons (Fsp3) is 0.188. The van der Waals surface area contributed by atoms with Crippen molar-refractivity contribution in [3.05, 3.63) is 53.8 Å². The SMILES string of the molecule is CCCOc1ccc(Oc2ccc(C(=N)N)cc2F)cc1. The number of amidine groups is 1. The minimum atomic E-state index is -0.561. The summed E-state index contributed by atoms with van der Waals surface area (Å²) in [6.07, 6.45) is 0.936. The Labute approximate surface area is 122 Å². The molecule has 0 aliphatic heterocycles. The van der Waals surface area contributed by atoms with Gasteiger partial charge in [-0.05, 0) is 48.9 Å². The highest BCUT2D eigenvalue weighted by Gasteiger charge is 2.07. The highest BCUT2D eigenvalue weighted by molar-refractivity contribution is 5.95. The lowest BCUT2D eigenvalue weighted by Crippen LogP contribution is -2.11. The molecule has 0 aromatic heterocycles. The summed E-state index contributed by atoms with van der Waals surface area (Å²) in [6.45, 7) is 2.69. The highest BCUT2D eigenvalue weighted by Crippen LogP contribution is 2.26. The number of rotatable bonds is 6. The molecule has 0 heterocycles. The molecule has 0 fully saturated rings. The maximum atomic E-state index is 13.8. The number of nitrogens with one attached hydrogen (secondary N) is 1. The van der Waals surface area contributed by atoms with E-state index in [2.05, 4.69) is 0 Å². The molecule has 0 unspecified atom stereocenters. The summed E-state index contributed by atoms with van der Waals surface area (Å²) in [4.78, 5) is 0. The van der Waals surface area contributed by atoms with Crippen LogP contribution in [0.5, 0.6) is 17.2 Å². The van der Waals surface area contributed by atoms with Gasteiger partial charge in [0, 0.05) is 5.56 Å². The molecule has 0 amide bonds. The Morgan fingerprint density at radius 1 is 1.14 bits per heavy atom. The van der Waals surface area contributed by atoms with Crippen molar-refractivity contribution in [2.45, 2.75) is 13.3 Å². The largest absolute Gasteiger partial charge is 0.494 e. The van der Waals surface area contributed by atoms with Gasteiger partial charge in [0.1, 0.15) is 17.3 Å². The molecule has 3 N–H and O–H groups in total. The summed E-state index contributed by atoms with van der Waals surface area (Å²) < 4.78 is 24.8. The molecule has 0 spiro atoms. The molecule has 0 radical (unpaired) electrons. The zero-order valence-electron chi connectivity index (χ0n) is 11.7. The van der Waals surface area contributed by atoms with Crippen molar-refractivity contribution >= 4 is 5.84 Å².